The van der Waals surface area contributed by atoms with Crippen molar-refractivity contribution in [2.24, 2.45) is 0 Å². The van der Waals surface area contributed by atoms with Crippen LogP contribution in [0, 0.1) is 0 Å². The molecule has 1 rings (SSSR count). The second-order valence-electron chi connectivity index (χ2n) is 4.20. The molecule has 0 aromatic heterocycles. The predicted molar refractivity (Wildman–Crippen MR) is 56.3 cm³/mol. The molecule has 0 radical (unpaired) electrons. The van der Waals surface area contributed by atoms with Crippen molar-refractivity contribution < 1.29 is 9.90 Å². The molecule has 3 nitrogen and oxygen atoms in total. The van der Waals surface area contributed by atoms with Crippen LogP contribution in [0.3, 0.4) is 0 Å². The second kappa shape index (κ2) is 6.02. The maximum atomic E-state index is 10.6. The van der Waals surface area contributed by atoms with Crippen LogP contribution in [-0.2, 0) is 4.79 Å². The summed E-state index contributed by atoms with van der Waals surface area (Å²) >= 11 is 0. The standard InChI is InChI=1S/C11H21NO2/c1-2-9(8-11(13)14)12-10-6-4-3-5-7-10/h9-10,12H,2-8H2,1H3,(H,13,14). The van der Waals surface area contributed by atoms with Gasteiger partial charge in [-0.3, -0.25) is 4.79 Å². The molecule has 0 amide bonds. The molecule has 3 heteroatoms. The first kappa shape index (κ1) is 11.5. The normalized spacial score (nSPS) is 20.6. The molecular formula is C11H21NO2. The van der Waals surface area contributed by atoms with Gasteiger partial charge in [-0.05, 0) is 19.3 Å². The van der Waals surface area contributed by atoms with Crippen molar-refractivity contribution in [2.75, 3.05) is 0 Å². The third-order valence-electron chi connectivity index (χ3n) is 2.99. The van der Waals surface area contributed by atoms with Crippen LogP contribution in [0.1, 0.15) is 51.9 Å². The summed E-state index contributed by atoms with van der Waals surface area (Å²) in [4.78, 5) is 10.6. The van der Waals surface area contributed by atoms with Gasteiger partial charge in [-0.2, -0.15) is 0 Å². The lowest BCUT2D eigenvalue weighted by Crippen LogP contribution is -2.40. The Balaban J connectivity index is 2.27. The molecule has 0 saturated heterocycles. The van der Waals surface area contributed by atoms with Gasteiger partial charge in [0.05, 0.1) is 6.42 Å². The maximum absolute atomic E-state index is 10.6. The molecule has 1 aliphatic carbocycles. The molecule has 1 atom stereocenters. The number of rotatable bonds is 5. The van der Waals surface area contributed by atoms with Gasteiger partial charge < -0.3 is 10.4 Å². The molecule has 0 heterocycles. The Morgan fingerprint density at radius 2 is 2.07 bits per heavy atom. The van der Waals surface area contributed by atoms with Crippen molar-refractivity contribution >= 4 is 5.97 Å². The SMILES string of the molecule is CCC(CC(=O)O)NC1CCCCC1. The Morgan fingerprint density at radius 1 is 1.43 bits per heavy atom. The molecule has 0 aromatic carbocycles. The minimum atomic E-state index is -0.694. The fraction of sp³-hybridized carbons (Fsp3) is 0.909. The van der Waals surface area contributed by atoms with Gasteiger partial charge in [0.15, 0.2) is 0 Å². The summed E-state index contributed by atoms with van der Waals surface area (Å²) in [5, 5.41) is 12.2. The largest absolute Gasteiger partial charge is 0.481 e. The molecule has 0 aliphatic heterocycles. The van der Waals surface area contributed by atoms with Crippen molar-refractivity contribution in [2.45, 2.75) is 64.0 Å². The molecule has 1 aliphatic rings. The Bertz CT molecular complexity index is 176. The van der Waals surface area contributed by atoms with E-state index in [0.717, 1.165) is 6.42 Å². The van der Waals surface area contributed by atoms with Gasteiger partial charge in [0, 0.05) is 12.1 Å². The van der Waals surface area contributed by atoms with E-state index in [4.69, 9.17) is 5.11 Å². The van der Waals surface area contributed by atoms with Gasteiger partial charge in [-0.25, -0.2) is 0 Å². The van der Waals surface area contributed by atoms with Crippen LogP contribution in [0.15, 0.2) is 0 Å². The lowest BCUT2D eigenvalue weighted by Gasteiger charge is -2.27. The maximum Gasteiger partial charge on any atom is 0.304 e. The zero-order valence-corrected chi connectivity index (χ0v) is 8.96. The van der Waals surface area contributed by atoms with Crippen LogP contribution in [0.4, 0.5) is 0 Å². The first-order chi connectivity index (χ1) is 6.72. The highest BCUT2D eigenvalue weighted by molar-refractivity contribution is 5.67. The number of hydrogen-bond acceptors (Lipinski definition) is 2. The van der Waals surface area contributed by atoms with E-state index in [0.29, 0.717) is 6.04 Å². The molecule has 0 spiro atoms. The fourth-order valence-electron chi connectivity index (χ4n) is 2.13. The highest BCUT2D eigenvalue weighted by atomic mass is 16.4. The number of carboxylic acids is 1. The lowest BCUT2D eigenvalue weighted by atomic mass is 9.94. The average molecular weight is 199 g/mol. The highest BCUT2D eigenvalue weighted by Gasteiger charge is 2.18. The quantitative estimate of drug-likeness (QED) is 0.713. The Morgan fingerprint density at radius 3 is 2.57 bits per heavy atom. The number of carbonyl (C=O) groups is 1. The van der Waals surface area contributed by atoms with Gasteiger partial charge in [0.2, 0.25) is 0 Å². The first-order valence-corrected chi connectivity index (χ1v) is 5.70. The summed E-state index contributed by atoms with van der Waals surface area (Å²) in [6.45, 7) is 2.05. The summed E-state index contributed by atoms with van der Waals surface area (Å²) in [6.07, 6.45) is 7.53. The smallest absolute Gasteiger partial charge is 0.304 e. The number of carboxylic acid groups (broad SMARTS) is 1. The van der Waals surface area contributed by atoms with Crippen LogP contribution in [0.25, 0.3) is 0 Å². The van der Waals surface area contributed by atoms with Crippen LogP contribution in [0.5, 0.6) is 0 Å². The van der Waals surface area contributed by atoms with E-state index < -0.39 is 5.97 Å². The highest BCUT2D eigenvalue weighted by Crippen LogP contribution is 2.18. The van der Waals surface area contributed by atoms with Gasteiger partial charge >= 0.3 is 5.97 Å². The lowest BCUT2D eigenvalue weighted by molar-refractivity contribution is -0.137. The third-order valence-corrected chi connectivity index (χ3v) is 2.99. The Labute approximate surface area is 85.9 Å². The van der Waals surface area contributed by atoms with Gasteiger partial charge in [0.1, 0.15) is 0 Å². The number of nitrogens with one attached hydrogen (secondary N) is 1. The van der Waals surface area contributed by atoms with Crippen molar-refractivity contribution in [3.8, 4) is 0 Å². The van der Waals surface area contributed by atoms with Crippen molar-refractivity contribution in [1.29, 1.82) is 0 Å². The minimum absolute atomic E-state index is 0.163. The molecule has 1 fully saturated rings. The summed E-state index contributed by atoms with van der Waals surface area (Å²) in [7, 11) is 0. The van der Waals surface area contributed by atoms with Crippen molar-refractivity contribution in [3.05, 3.63) is 0 Å². The molecule has 1 unspecified atom stereocenters. The van der Waals surface area contributed by atoms with E-state index in [1.807, 2.05) is 6.92 Å². The van der Waals surface area contributed by atoms with E-state index in [1.165, 1.54) is 32.1 Å². The summed E-state index contributed by atoms with van der Waals surface area (Å²) in [6, 6.07) is 0.726. The fourth-order valence-corrected chi connectivity index (χ4v) is 2.13. The first-order valence-electron chi connectivity index (χ1n) is 5.70. The number of hydrogen-bond donors (Lipinski definition) is 2. The van der Waals surface area contributed by atoms with Gasteiger partial charge in [-0.1, -0.05) is 26.2 Å². The molecule has 2 N–H and O–H groups in total. The zero-order chi connectivity index (χ0) is 10.4. The van der Waals surface area contributed by atoms with Crippen molar-refractivity contribution in [1.82, 2.24) is 5.32 Å². The van der Waals surface area contributed by atoms with E-state index in [2.05, 4.69) is 5.32 Å². The summed E-state index contributed by atoms with van der Waals surface area (Å²) in [5.41, 5.74) is 0. The Hall–Kier alpha value is -0.570. The topological polar surface area (TPSA) is 49.3 Å². The van der Waals surface area contributed by atoms with Crippen LogP contribution >= 0.6 is 0 Å². The zero-order valence-electron chi connectivity index (χ0n) is 8.96. The predicted octanol–water partition coefficient (Wildman–Crippen LogP) is 2.16. The minimum Gasteiger partial charge on any atom is -0.481 e. The average Bonchev–Trinajstić information content (AvgIpc) is 2.17. The van der Waals surface area contributed by atoms with E-state index in [9.17, 15) is 4.79 Å². The third kappa shape index (κ3) is 4.09. The monoisotopic (exact) mass is 199 g/mol. The van der Waals surface area contributed by atoms with E-state index in [-0.39, 0.29) is 12.5 Å². The molecular weight excluding hydrogens is 178 g/mol. The molecule has 1 saturated carbocycles. The number of aliphatic carboxylic acids is 1. The molecule has 14 heavy (non-hydrogen) atoms. The summed E-state index contributed by atoms with van der Waals surface area (Å²) < 4.78 is 0. The van der Waals surface area contributed by atoms with E-state index in [1.54, 1.807) is 0 Å². The second-order valence-corrected chi connectivity index (χ2v) is 4.20. The van der Waals surface area contributed by atoms with Crippen molar-refractivity contribution in [3.63, 3.8) is 0 Å². The van der Waals surface area contributed by atoms with Gasteiger partial charge in [-0.15, -0.1) is 0 Å². The van der Waals surface area contributed by atoms with Gasteiger partial charge in [0.25, 0.3) is 0 Å². The van der Waals surface area contributed by atoms with Crippen LogP contribution in [-0.4, -0.2) is 23.2 Å². The Kier molecular flexibility index (Phi) is 4.94. The molecule has 82 valence electrons. The molecule has 0 bridgehead atoms. The van der Waals surface area contributed by atoms with Crippen LogP contribution < -0.4 is 5.32 Å². The van der Waals surface area contributed by atoms with Crippen LogP contribution in [0.2, 0.25) is 0 Å². The molecule has 0 aromatic rings. The summed E-state index contributed by atoms with van der Waals surface area (Å²) in [5.74, 6) is -0.694. The van der Waals surface area contributed by atoms with E-state index >= 15 is 0 Å².